The van der Waals surface area contributed by atoms with Crippen molar-refractivity contribution >= 4 is 35.0 Å². The smallest absolute Gasteiger partial charge is 0.234 e. The molecule has 2 amide bonds. The van der Waals surface area contributed by atoms with Gasteiger partial charge in [-0.1, -0.05) is 42.1 Å². The number of nitrogens with one attached hydrogen (secondary N) is 2. The minimum Gasteiger partial charge on any atom is -0.457 e. The molecular formula is C24H21N5O3S. The molecule has 1 aromatic heterocycles. The molecule has 0 atom stereocenters. The summed E-state index contributed by atoms with van der Waals surface area (Å²) in [6.45, 7) is 1.45. The lowest BCUT2D eigenvalue weighted by Crippen LogP contribution is -2.14. The van der Waals surface area contributed by atoms with Gasteiger partial charge in [0.15, 0.2) is 5.16 Å². The van der Waals surface area contributed by atoms with Crippen molar-refractivity contribution in [3.63, 3.8) is 0 Å². The van der Waals surface area contributed by atoms with Gasteiger partial charge in [0.1, 0.15) is 17.8 Å². The van der Waals surface area contributed by atoms with Gasteiger partial charge < -0.3 is 15.4 Å². The third kappa shape index (κ3) is 6.20. The molecule has 0 aliphatic rings. The van der Waals surface area contributed by atoms with Crippen LogP contribution < -0.4 is 15.4 Å². The molecule has 4 rings (SSSR count). The summed E-state index contributed by atoms with van der Waals surface area (Å²) in [7, 11) is 0. The fraction of sp³-hybridized carbons (Fsp3) is 0.0833. The number of thioether (sulfide) groups is 1. The molecule has 33 heavy (non-hydrogen) atoms. The Kier molecular flexibility index (Phi) is 7.01. The molecule has 0 saturated heterocycles. The van der Waals surface area contributed by atoms with E-state index in [1.165, 1.54) is 18.7 Å². The van der Waals surface area contributed by atoms with Gasteiger partial charge in [-0.05, 0) is 42.5 Å². The summed E-state index contributed by atoms with van der Waals surface area (Å²) in [6.07, 6.45) is 1.57. The molecule has 0 aliphatic heterocycles. The standard InChI is InChI=1S/C24H21N5O3S/c1-17(30)26-18-7-5-9-20(13-18)29-16-25-28-24(29)33-15-23(31)27-19-8-6-12-22(14-19)32-21-10-3-2-4-11-21/h2-14,16H,15H2,1H3,(H,26,30)(H,27,31). The van der Waals surface area contributed by atoms with Crippen LogP contribution in [-0.4, -0.2) is 32.3 Å². The van der Waals surface area contributed by atoms with Gasteiger partial charge in [0.2, 0.25) is 11.8 Å². The summed E-state index contributed by atoms with van der Waals surface area (Å²) in [5.41, 5.74) is 2.08. The summed E-state index contributed by atoms with van der Waals surface area (Å²) in [6, 6.07) is 24.0. The van der Waals surface area contributed by atoms with E-state index in [0.29, 0.717) is 22.3 Å². The monoisotopic (exact) mass is 459 g/mol. The Morgan fingerprint density at radius 2 is 1.64 bits per heavy atom. The Morgan fingerprint density at radius 1 is 0.909 bits per heavy atom. The second-order valence-corrected chi connectivity index (χ2v) is 7.94. The Labute approximate surface area is 195 Å². The van der Waals surface area contributed by atoms with E-state index in [-0.39, 0.29) is 17.6 Å². The molecule has 4 aromatic rings. The molecular weight excluding hydrogens is 438 g/mol. The van der Waals surface area contributed by atoms with Gasteiger partial charge in [-0.25, -0.2) is 0 Å². The summed E-state index contributed by atoms with van der Waals surface area (Å²) in [5, 5.41) is 14.3. The summed E-state index contributed by atoms with van der Waals surface area (Å²) >= 11 is 1.26. The Bertz CT molecular complexity index is 1260. The van der Waals surface area contributed by atoms with Crippen LogP contribution in [0.25, 0.3) is 5.69 Å². The average molecular weight is 460 g/mol. The van der Waals surface area contributed by atoms with Crippen LogP contribution in [0.2, 0.25) is 0 Å². The van der Waals surface area contributed by atoms with E-state index in [2.05, 4.69) is 20.8 Å². The van der Waals surface area contributed by atoms with Crippen molar-refractivity contribution in [1.29, 1.82) is 0 Å². The second-order valence-electron chi connectivity index (χ2n) is 6.99. The molecule has 2 N–H and O–H groups in total. The van der Waals surface area contributed by atoms with Crippen molar-refractivity contribution in [2.45, 2.75) is 12.1 Å². The molecule has 8 nitrogen and oxygen atoms in total. The normalized spacial score (nSPS) is 10.5. The number of aromatic nitrogens is 3. The molecule has 0 fully saturated rings. The van der Waals surface area contributed by atoms with E-state index in [1.807, 2.05) is 60.7 Å². The summed E-state index contributed by atoms with van der Waals surface area (Å²) in [5.74, 6) is 1.16. The first-order valence-electron chi connectivity index (χ1n) is 10.1. The molecule has 3 aromatic carbocycles. The van der Waals surface area contributed by atoms with E-state index in [4.69, 9.17) is 4.74 Å². The number of hydrogen-bond acceptors (Lipinski definition) is 6. The number of rotatable bonds is 8. The maximum Gasteiger partial charge on any atom is 0.234 e. The molecule has 9 heteroatoms. The number of nitrogens with zero attached hydrogens (tertiary/aromatic N) is 3. The van der Waals surface area contributed by atoms with Crippen LogP contribution in [0.1, 0.15) is 6.92 Å². The van der Waals surface area contributed by atoms with E-state index in [1.54, 1.807) is 29.1 Å². The van der Waals surface area contributed by atoms with Crippen LogP contribution in [0.15, 0.2) is 90.3 Å². The Hall–Kier alpha value is -4.11. The van der Waals surface area contributed by atoms with Gasteiger partial charge in [-0.15, -0.1) is 10.2 Å². The van der Waals surface area contributed by atoms with Gasteiger partial charge in [0, 0.05) is 24.4 Å². The minimum atomic E-state index is -0.182. The molecule has 0 bridgehead atoms. The zero-order chi connectivity index (χ0) is 23.0. The quantitative estimate of drug-likeness (QED) is 0.369. The Balaban J connectivity index is 1.37. The maximum absolute atomic E-state index is 12.5. The second kappa shape index (κ2) is 10.5. The highest BCUT2D eigenvalue weighted by Crippen LogP contribution is 2.25. The lowest BCUT2D eigenvalue weighted by atomic mass is 10.2. The van der Waals surface area contributed by atoms with Crippen LogP contribution in [0.3, 0.4) is 0 Å². The molecule has 1 heterocycles. The van der Waals surface area contributed by atoms with Crippen molar-refractivity contribution in [3.8, 4) is 17.2 Å². The van der Waals surface area contributed by atoms with Crippen LogP contribution in [0.4, 0.5) is 11.4 Å². The number of amides is 2. The van der Waals surface area contributed by atoms with Crippen molar-refractivity contribution in [3.05, 3.63) is 85.2 Å². The van der Waals surface area contributed by atoms with E-state index in [0.717, 1.165) is 11.4 Å². The lowest BCUT2D eigenvalue weighted by molar-refractivity contribution is -0.114. The predicted molar refractivity (Wildman–Crippen MR) is 128 cm³/mol. The number of anilines is 2. The van der Waals surface area contributed by atoms with Gasteiger partial charge in [-0.3, -0.25) is 14.2 Å². The Morgan fingerprint density at radius 3 is 2.42 bits per heavy atom. The third-order valence-electron chi connectivity index (χ3n) is 4.39. The number of para-hydroxylation sites is 1. The number of ether oxygens (including phenoxy) is 1. The minimum absolute atomic E-state index is 0.147. The lowest BCUT2D eigenvalue weighted by Gasteiger charge is -2.10. The third-order valence-corrected chi connectivity index (χ3v) is 5.33. The van der Waals surface area contributed by atoms with Crippen molar-refractivity contribution in [2.24, 2.45) is 0 Å². The van der Waals surface area contributed by atoms with Crippen LogP contribution in [-0.2, 0) is 9.59 Å². The van der Waals surface area contributed by atoms with Crippen LogP contribution in [0, 0.1) is 0 Å². The van der Waals surface area contributed by atoms with E-state index in [9.17, 15) is 9.59 Å². The number of carbonyl (C=O) groups excluding carboxylic acids is 2. The highest BCUT2D eigenvalue weighted by Gasteiger charge is 2.11. The molecule has 0 radical (unpaired) electrons. The first-order valence-corrected chi connectivity index (χ1v) is 11.1. The van der Waals surface area contributed by atoms with Gasteiger partial charge in [-0.2, -0.15) is 0 Å². The maximum atomic E-state index is 12.5. The van der Waals surface area contributed by atoms with Crippen LogP contribution >= 0.6 is 11.8 Å². The van der Waals surface area contributed by atoms with Gasteiger partial charge in [0.25, 0.3) is 0 Å². The largest absolute Gasteiger partial charge is 0.457 e. The molecule has 0 saturated carbocycles. The van der Waals surface area contributed by atoms with E-state index < -0.39 is 0 Å². The number of hydrogen-bond donors (Lipinski definition) is 2. The van der Waals surface area contributed by atoms with Crippen molar-refractivity contribution < 1.29 is 14.3 Å². The fourth-order valence-electron chi connectivity index (χ4n) is 3.03. The van der Waals surface area contributed by atoms with Crippen molar-refractivity contribution in [1.82, 2.24) is 14.8 Å². The fourth-order valence-corrected chi connectivity index (χ4v) is 3.75. The summed E-state index contributed by atoms with van der Waals surface area (Å²) < 4.78 is 7.57. The first kappa shape index (κ1) is 22.1. The number of carbonyl (C=O) groups is 2. The van der Waals surface area contributed by atoms with Crippen LogP contribution in [0.5, 0.6) is 11.5 Å². The molecule has 0 unspecified atom stereocenters. The highest BCUT2D eigenvalue weighted by molar-refractivity contribution is 7.99. The first-order chi connectivity index (χ1) is 16.1. The molecule has 0 spiro atoms. The number of benzene rings is 3. The molecule has 0 aliphatic carbocycles. The topological polar surface area (TPSA) is 98.1 Å². The zero-order valence-electron chi connectivity index (χ0n) is 17.8. The zero-order valence-corrected chi connectivity index (χ0v) is 18.6. The average Bonchev–Trinajstić information content (AvgIpc) is 3.27. The highest BCUT2D eigenvalue weighted by atomic mass is 32.2. The SMILES string of the molecule is CC(=O)Nc1cccc(-n2cnnc2SCC(=O)Nc2cccc(Oc3ccccc3)c2)c1. The molecule has 166 valence electrons. The van der Waals surface area contributed by atoms with Crippen molar-refractivity contribution in [2.75, 3.05) is 16.4 Å². The van der Waals surface area contributed by atoms with E-state index >= 15 is 0 Å². The van der Waals surface area contributed by atoms with Gasteiger partial charge in [0.05, 0.1) is 11.4 Å². The summed E-state index contributed by atoms with van der Waals surface area (Å²) in [4.78, 5) is 23.8. The van der Waals surface area contributed by atoms with Gasteiger partial charge >= 0.3 is 0 Å². The predicted octanol–water partition coefficient (Wildman–Crippen LogP) is 4.75.